The number of fused-ring (bicyclic) bond motifs is 1. The quantitative estimate of drug-likeness (QED) is 0.648. The first kappa shape index (κ1) is 21.9. The van der Waals surface area contributed by atoms with Crippen molar-refractivity contribution in [3.05, 3.63) is 22.2 Å². The Morgan fingerprint density at radius 2 is 2.00 bits per heavy atom. The number of benzene rings is 1. The zero-order valence-corrected chi connectivity index (χ0v) is 18.5. The summed E-state index contributed by atoms with van der Waals surface area (Å²) in [7, 11) is -3.65. The molecule has 8 heteroatoms. The number of amides is 2. The maximum absolute atomic E-state index is 12.8. The Labute approximate surface area is 169 Å². The van der Waals surface area contributed by atoms with Gasteiger partial charge in [-0.15, -0.1) is 0 Å². The van der Waals surface area contributed by atoms with E-state index in [1.165, 1.54) is 0 Å². The molecule has 0 spiro atoms. The van der Waals surface area contributed by atoms with Crippen LogP contribution in [0.15, 0.2) is 21.5 Å². The molecule has 1 aromatic rings. The molecule has 0 bridgehead atoms. The van der Waals surface area contributed by atoms with Crippen molar-refractivity contribution in [2.45, 2.75) is 51.3 Å². The molecule has 1 aliphatic rings. The van der Waals surface area contributed by atoms with E-state index >= 15 is 0 Å². The van der Waals surface area contributed by atoms with Crippen LogP contribution in [0.4, 0.5) is 5.69 Å². The van der Waals surface area contributed by atoms with Gasteiger partial charge in [0, 0.05) is 36.1 Å². The van der Waals surface area contributed by atoms with Gasteiger partial charge in [0.25, 0.3) is 0 Å². The van der Waals surface area contributed by atoms with Gasteiger partial charge < -0.3 is 10.2 Å². The van der Waals surface area contributed by atoms with E-state index in [1.54, 1.807) is 24.0 Å². The van der Waals surface area contributed by atoms with Crippen molar-refractivity contribution in [3.63, 3.8) is 0 Å². The van der Waals surface area contributed by atoms with Crippen LogP contribution in [0, 0.1) is 5.92 Å². The lowest BCUT2D eigenvalue weighted by atomic mass is 10.1. The summed E-state index contributed by atoms with van der Waals surface area (Å²) in [5, 5.41) is 2.76. The van der Waals surface area contributed by atoms with Crippen LogP contribution < -0.4 is 10.2 Å². The molecular weight excluding hydrogens is 432 g/mol. The van der Waals surface area contributed by atoms with E-state index in [0.29, 0.717) is 42.0 Å². The summed E-state index contributed by atoms with van der Waals surface area (Å²) in [4.78, 5) is 25.8. The highest BCUT2D eigenvalue weighted by Crippen LogP contribution is 2.36. The number of sulfone groups is 1. The predicted molar refractivity (Wildman–Crippen MR) is 110 cm³/mol. The lowest BCUT2D eigenvalue weighted by Crippen LogP contribution is -2.28. The van der Waals surface area contributed by atoms with Crippen LogP contribution in [-0.4, -0.2) is 39.1 Å². The molecule has 1 heterocycles. The van der Waals surface area contributed by atoms with Crippen LogP contribution in [-0.2, 0) is 25.8 Å². The highest BCUT2D eigenvalue weighted by Gasteiger charge is 2.28. The second-order valence-electron chi connectivity index (χ2n) is 7.16. The fourth-order valence-corrected chi connectivity index (χ4v) is 5.45. The van der Waals surface area contributed by atoms with Crippen LogP contribution in [0.1, 0.15) is 45.6 Å². The van der Waals surface area contributed by atoms with Crippen LogP contribution in [0.5, 0.6) is 0 Å². The molecule has 1 aliphatic heterocycles. The SMILES string of the molecule is CCC(=O)N1CCc2cc(Br)c(S(=O)(=O)CCC(=O)NCCC(C)C)cc21. The molecule has 150 valence electrons. The average Bonchev–Trinajstić information content (AvgIpc) is 3.01. The molecule has 0 radical (unpaired) electrons. The largest absolute Gasteiger partial charge is 0.356 e. The van der Waals surface area contributed by atoms with Crippen molar-refractivity contribution in [2.75, 3.05) is 23.7 Å². The minimum absolute atomic E-state index is 0.0241. The molecule has 0 aliphatic carbocycles. The number of hydrogen-bond donors (Lipinski definition) is 1. The van der Waals surface area contributed by atoms with E-state index in [0.717, 1.165) is 12.0 Å². The number of carbonyl (C=O) groups excluding carboxylic acids is 2. The van der Waals surface area contributed by atoms with Crippen molar-refractivity contribution in [1.29, 1.82) is 0 Å². The fraction of sp³-hybridized carbons (Fsp3) is 0.579. The molecule has 0 aromatic heterocycles. The summed E-state index contributed by atoms with van der Waals surface area (Å²) in [6, 6.07) is 3.33. The van der Waals surface area contributed by atoms with Gasteiger partial charge in [-0.05, 0) is 52.4 Å². The van der Waals surface area contributed by atoms with E-state index in [-0.39, 0.29) is 28.9 Å². The number of nitrogens with one attached hydrogen (secondary N) is 1. The zero-order valence-electron chi connectivity index (χ0n) is 16.0. The van der Waals surface area contributed by atoms with Crippen LogP contribution in [0.2, 0.25) is 0 Å². The molecule has 1 aromatic carbocycles. The molecule has 0 unspecified atom stereocenters. The maximum atomic E-state index is 12.8. The molecule has 0 saturated heterocycles. The van der Waals surface area contributed by atoms with Crippen molar-refractivity contribution in [2.24, 2.45) is 5.92 Å². The summed E-state index contributed by atoms with van der Waals surface area (Å²) in [6.45, 7) is 7.03. The summed E-state index contributed by atoms with van der Waals surface area (Å²) >= 11 is 3.34. The van der Waals surface area contributed by atoms with Gasteiger partial charge in [-0.2, -0.15) is 0 Å². The highest BCUT2D eigenvalue weighted by atomic mass is 79.9. The van der Waals surface area contributed by atoms with E-state index < -0.39 is 9.84 Å². The molecule has 6 nitrogen and oxygen atoms in total. The van der Waals surface area contributed by atoms with Gasteiger partial charge in [0.15, 0.2) is 9.84 Å². The molecule has 0 fully saturated rings. The monoisotopic (exact) mass is 458 g/mol. The first-order valence-corrected chi connectivity index (χ1v) is 11.7. The van der Waals surface area contributed by atoms with Gasteiger partial charge in [-0.1, -0.05) is 20.8 Å². The molecular formula is C19H27BrN2O4S. The van der Waals surface area contributed by atoms with Crippen molar-refractivity contribution in [3.8, 4) is 0 Å². The Balaban J connectivity index is 2.12. The van der Waals surface area contributed by atoms with Crippen LogP contribution >= 0.6 is 15.9 Å². The van der Waals surface area contributed by atoms with Crippen molar-refractivity contribution >= 4 is 43.3 Å². The Hall–Kier alpha value is -1.41. The van der Waals surface area contributed by atoms with Gasteiger partial charge in [0.2, 0.25) is 11.8 Å². The van der Waals surface area contributed by atoms with Gasteiger partial charge in [0.1, 0.15) is 0 Å². The molecule has 1 N–H and O–H groups in total. The fourth-order valence-electron chi connectivity index (χ4n) is 3.00. The number of carbonyl (C=O) groups is 2. The number of rotatable bonds is 8. The second-order valence-corrected chi connectivity index (χ2v) is 10.1. The van der Waals surface area contributed by atoms with Gasteiger partial charge in [0.05, 0.1) is 10.6 Å². The number of halogens is 1. The smallest absolute Gasteiger partial charge is 0.226 e. The van der Waals surface area contributed by atoms with E-state index in [1.807, 2.05) is 0 Å². The third-order valence-corrected chi connectivity index (χ3v) is 7.28. The van der Waals surface area contributed by atoms with Crippen LogP contribution in [0.25, 0.3) is 0 Å². The molecule has 0 atom stereocenters. The molecule has 2 rings (SSSR count). The minimum Gasteiger partial charge on any atom is -0.356 e. The first-order chi connectivity index (χ1) is 12.7. The summed E-state index contributed by atoms with van der Waals surface area (Å²) in [6.07, 6.45) is 1.85. The Morgan fingerprint density at radius 3 is 2.63 bits per heavy atom. The summed E-state index contributed by atoms with van der Waals surface area (Å²) in [5.41, 5.74) is 1.61. The van der Waals surface area contributed by atoms with Gasteiger partial charge in [-0.3, -0.25) is 9.59 Å². The van der Waals surface area contributed by atoms with Crippen LogP contribution in [0.3, 0.4) is 0 Å². The third kappa shape index (κ3) is 5.54. The normalized spacial score (nSPS) is 13.7. The molecule has 2 amide bonds. The van der Waals surface area contributed by atoms with E-state index in [4.69, 9.17) is 0 Å². The topological polar surface area (TPSA) is 83.6 Å². The van der Waals surface area contributed by atoms with Crippen molar-refractivity contribution in [1.82, 2.24) is 5.32 Å². The zero-order chi connectivity index (χ0) is 20.2. The lowest BCUT2D eigenvalue weighted by molar-refractivity contribution is -0.120. The second kappa shape index (κ2) is 9.19. The Bertz CT molecular complexity index is 821. The summed E-state index contributed by atoms with van der Waals surface area (Å²) in [5.74, 6) is -0.0759. The first-order valence-electron chi connectivity index (χ1n) is 9.28. The Kier molecular flexibility index (Phi) is 7.45. The number of anilines is 1. The van der Waals surface area contributed by atoms with E-state index in [9.17, 15) is 18.0 Å². The maximum Gasteiger partial charge on any atom is 0.226 e. The highest BCUT2D eigenvalue weighted by molar-refractivity contribution is 9.10. The Morgan fingerprint density at radius 1 is 1.30 bits per heavy atom. The van der Waals surface area contributed by atoms with E-state index in [2.05, 4.69) is 35.1 Å². The predicted octanol–water partition coefficient (Wildman–Crippen LogP) is 3.07. The number of hydrogen-bond acceptors (Lipinski definition) is 4. The average molecular weight is 459 g/mol. The number of nitrogens with zero attached hydrogens (tertiary/aromatic N) is 1. The third-order valence-electron chi connectivity index (χ3n) is 4.61. The van der Waals surface area contributed by atoms with Crippen molar-refractivity contribution < 1.29 is 18.0 Å². The molecule has 0 saturated carbocycles. The summed E-state index contributed by atoms with van der Waals surface area (Å²) < 4.78 is 26.0. The standard InChI is InChI=1S/C19H27BrN2O4S/c1-4-19(24)22-9-6-14-11-15(20)17(12-16(14)22)27(25,26)10-7-18(23)21-8-5-13(2)3/h11-13H,4-10H2,1-3H3,(H,21,23). The lowest BCUT2D eigenvalue weighted by Gasteiger charge is -2.18. The van der Waals surface area contributed by atoms with Gasteiger partial charge in [-0.25, -0.2) is 8.42 Å². The minimum atomic E-state index is -3.65. The van der Waals surface area contributed by atoms with Gasteiger partial charge >= 0.3 is 0 Å². The molecule has 27 heavy (non-hydrogen) atoms.